The van der Waals surface area contributed by atoms with E-state index in [9.17, 15) is 14.4 Å². The third kappa shape index (κ3) is 7.66. The summed E-state index contributed by atoms with van der Waals surface area (Å²) in [5.74, 6) is -1.79. The first kappa shape index (κ1) is 18.2. The largest absolute Gasteiger partial charge is 0.480 e. The number of carboxylic acids is 1. The summed E-state index contributed by atoms with van der Waals surface area (Å²) in [6.07, 6.45) is 0.253. The number of carbonyl (C=O) groups is 3. The Morgan fingerprint density at radius 2 is 1.91 bits per heavy atom. The molecule has 23 heavy (non-hydrogen) atoms. The van der Waals surface area contributed by atoms with Crippen molar-refractivity contribution < 1.29 is 29.0 Å². The lowest BCUT2D eigenvalue weighted by Crippen LogP contribution is -2.41. The van der Waals surface area contributed by atoms with Gasteiger partial charge >= 0.3 is 18.0 Å². The zero-order valence-corrected chi connectivity index (χ0v) is 12.6. The summed E-state index contributed by atoms with van der Waals surface area (Å²) >= 11 is 0. The molecule has 1 atom stereocenters. The molecule has 0 unspecified atom stereocenters. The predicted octanol–water partition coefficient (Wildman–Crippen LogP) is 1.88. The quantitative estimate of drug-likeness (QED) is 0.532. The fourth-order valence-corrected chi connectivity index (χ4v) is 1.65. The van der Waals surface area contributed by atoms with Gasteiger partial charge in [-0.15, -0.1) is 0 Å². The van der Waals surface area contributed by atoms with Crippen molar-refractivity contribution in [2.75, 3.05) is 6.61 Å². The maximum atomic E-state index is 11.6. The normalized spacial score (nSPS) is 11.1. The zero-order chi connectivity index (χ0) is 17.1. The van der Waals surface area contributed by atoms with Crippen LogP contribution in [0.1, 0.15) is 18.4 Å². The zero-order valence-electron chi connectivity index (χ0n) is 12.6. The van der Waals surface area contributed by atoms with Crippen molar-refractivity contribution in [3.05, 3.63) is 48.6 Å². The van der Waals surface area contributed by atoms with E-state index in [1.807, 2.05) is 30.3 Å². The molecule has 7 nitrogen and oxygen atoms in total. The number of amides is 1. The molecule has 0 aliphatic heterocycles. The van der Waals surface area contributed by atoms with Crippen LogP contribution in [0.2, 0.25) is 0 Å². The smallest absolute Gasteiger partial charge is 0.408 e. The third-order valence-corrected chi connectivity index (χ3v) is 2.80. The van der Waals surface area contributed by atoms with Crippen molar-refractivity contribution in [1.29, 1.82) is 0 Å². The Morgan fingerprint density at radius 1 is 1.22 bits per heavy atom. The minimum Gasteiger partial charge on any atom is -0.480 e. The number of carbonyl (C=O) groups excluding carboxylic acids is 2. The van der Waals surface area contributed by atoms with Gasteiger partial charge in [-0.05, 0) is 12.0 Å². The molecular weight excluding hydrogens is 302 g/mol. The molecule has 0 saturated heterocycles. The van der Waals surface area contributed by atoms with Crippen molar-refractivity contribution >= 4 is 18.0 Å². The first-order chi connectivity index (χ1) is 11.0. The highest BCUT2D eigenvalue weighted by Crippen LogP contribution is 2.05. The second kappa shape index (κ2) is 9.99. The Hall–Kier alpha value is -2.83. The van der Waals surface area contributed by atoms with Crippen LogP contribution in [0, 0.1) is 0 Å². The summed E-state index contributed by atoms with van der Waals surface area (Å²) in [5.41, 5.74) is 0.835. The van der Waals surface area contributed by atoms with Gasteiger partial charge in [0.15, 0.2) is 0 Å². The van der Waals surface area contributed by atoms with E-state index in [4.69, 9.17) is 9.84 Å². The molecular formula is C16H19NO6. The Bertz CT molecular complexity index is 543. The average molecular weight is 321 g/mol. The summed E-state index contributed by atoms with van der Waals surface area (Å²) in [5, 5.41) is 11.2. The highest BCUT2D eigenvalue weighted by atomic mass is 16.5. The van der Waals surface area contributed by atoms with Gasteiger partial charge in [0.1, 0.15) is 19.3 Å². The SMILES string of the molecule is C=CCOC(=O)N[C@@H](CCC(=O)OCc1ccccc1)C(=O)O. The molecule has 1 rings (SSSR count). The van der Waals surface area contributed by atoms with Crippen LogP contribution in [-0.2, 0) is 25.7 Å². The number of rotatable bonds is 9. The van der Waals surface area contributed by atoms with Crippen molar-refractivity contribution in [2.24, 2.45) is 0 Å². The van der Waals surface area contributed by atoms with E-state index in [2.05, 4.69) is 16.6 Å². The number of nitrogens with one attached hydrogen (secondary N) is 1. The summed E-state index contributed by atoms with van der Waals surface area (Å²) in [7, 11) is 0. The summed E-state index contributed by atoms with van der Waals surface area (Å²) in [4.78, 5) is 34.0. The van der Waals surface area contributed by atoms with Gasteiger partial charge in [0, 0.05) is 6.42 Å². The lowest BCUT2D eigenvalue weighted by atomic mass is 10.1. The van der Waals surface area contributed by atoms with Crippen LogP contribution in [0.15, 0.2) is 43.0 Å². The molecule has 124 valence electrons. The maximum absolute atomic E-state index is 11.6. The molecule has 1 aromatic rings. The number of benzene rings is 1. The molecule has 0 bridgehead atoms. The number of alkyl carbamates (subject to hydrolysis) is 1. The number of carboxylic acid groups (broad SMARTS) is 1. The van der Waals surface area contributed by atoms with Gasteiger partial charge < -0.3 is 19.9 Å². The van der Waals surface area contributed by atoms with E-state index in [-0.39, 0.29) is 26.1 Å². The number of aliphatic carboxylic acids is 1. The van der Waals surface area contributed by atoms with Gasteiger partial charge in [-0.25, -0.2) is 9.59 Å². The average Bonchev–Trinajstić information content (AvgIpc) is 2.55. The van der Waals surface area contributed by atoms with E-state index in [0.29, 0.717) is 0 Å². The molecule has 2 N–H and O–H groups in total. The lowest BCUT2D eigenvalue weighted by Gasteiger charge is -2.13. The number of ether oxygens (including phenoxy) is 2. The Labute approximate surface area is 133 Å². The van der Waals surface area contributed by atoms with Gasteiger partial charge in [-0.3, -0.25) is 4.79 Å². The topological polar surface area (TPSA) is 102 Å². The van der Waals surface area contributed by atoms with Crippen molar-refractivity contribution in [1.82, 2.24) is 5.32 Å². The highest BCUT2D eigenvalue weighted by Gasteiger charge is 2.22. The minimum atomic E-state index is -1.25. The van der Waals surface area contributed by atoms with E-state index in [1.54, 1.807) is 0 Å². The monoisotopic (exact) mass is 321 g/mol. The minimum absolute atomic E-state index is 0.0305. The number of esters is 1. The summed E-state index contributed by atoms with van der Waals surface area (Å²) < 4.78 is 9.68. The summed E-state index contributed by atoms with van der Waals surface area (Å²) in [6.45, 7) is 3.46. The molecule has 1 aromatic carbocycles. The van der Waals surface area contributed by atoms with E-state index >= 15 is 0 Å². The Kier molecular flexibility index (Phi) is 7.91. The first-order valence-electron chi connectivity index (χ1n) is 6.99. The molecule has 0 radical (unpaired) electrons. The molecule has 0 aliphatic rings. The van der Waals surface area contributed by atoms with Crippen molar-refractivity contribution in [3.8, 4) is 0 Å². The second-order valence-corrected chi connectivity index (χ2v) is 4.61. The van der Waals surface area contributed by atoms with Crippen LogP contribution >= 0.6 is 0 Å². The van der Waals surface area contributed by atoms with E-state index in [0.717, 1.165) is 5.56 Å². The fraction of sp³-hybridized carbons (Fsp3) is 0.312. The molecule has 0 aliphatic carbocycles. The first-order valence-corrected chi connectivity index (χ1v) is 6.99. The Balaban J connectivity index is 2.36. The fourth-order valence-electron chi connectivity index (χ4n) is 1.65. The molecule has 0 spiro atoms. The predicted molar refractivity (Wildman–Crippen MR) is 81.6 cm³/mol. The van der Waals surface area contributed by atoms with E-state index < -0.39 is 24.1 Å². The van der Waals surface area contributed by atoms with Gasteiger partial charge in [-0.2, -0.15) is 0 Å². The molecule has 0 saturated carbocycles. The highest BCUT2D eigenvalue weighted by molar-refractivity contribution is 5.80. The number of hydrogen-bond acceptors (Lipinski definition) is 5. The molecule has 1 amide bonds. The van der Waals surface area contributed by atoms with E-state index in [1.165, 1.54) is 6.08 Å². The van der Waals surface area contributed by atoms with Crippen molar-refractivity contribution in [2.45, 2.75) is 25.5 Å². The molecule has 0 heterocycles. The van der Waals surface area contributed by atoms with Crippen molar-refractivity contribution in [3.63, 3.8) is 0 Å². The molecule has 7 heteroatoms. The Morgan fingerprint density at radius 3 is 2.52 bits per heavy atom. The van der Waals surface area contributed by atoms with Crippen LogP contribution in [0.4, 0.5) is 4.79 Å². The van der Waals surface area contributed by atoms with Crippen LogP contribution in [-0.4, -0.2) is 35.8 Å². The van der Waals surface area contributed by atoms with Crippen LogP contribution in [0.5, 0.6) is 0 Å². The van der Waals surface area contributed by atoms with Gasteiger partial charge in [0.25, 0.3) is 0 Å². The van der Waals surface area contributed by atoms with Gasteiger partial charge in [0.05, 0.1) is 0 Å². The van der Waals surface area contributed by atoms with Crippen LogP contribution in [0.25, 0.3) is 0 Å². The van der Waals surface area contributed by atoms with Gasteiger partial charge in [-0.1, -0.05) is 43.0 Å². The maximum Gasteiger partial charge on any atom is 0.408 e. The lowest BCUT2D eigenvalue weighted by molar-refractivity contribution is -0.145. The molecule has 0 aromatic heterocycles. The molecule has 0 fully saturated rings. The second-order valence-electron chi connectivity index (χ2n) is 4.61. The van der Waals surface area contributed by atoms with Crippen LogP contribution < -0.4 is 5.32 Å². The summed E-state index contributed by atoms with van der Waals surface area (Å²) in [6, 6.07) is 7.89. The third-order valence-electron chi connectivity index (χ3n) is 2.80. The van der Waals surface area contributed by atoms with Crippen LogP contribution in [0.3, 0.4) is 0 Å². The standard InChI is InChI=1S/C16H19NO6/c1-2-10-22-16(21)17-13(15(19)20)8-9-14(18)23-11-12-6-4-3-5-7-12/h2-7,13H,1,8-11H2,(H,17,21)(H,19,20)/t13-/m0/s1. The number of hydrogen-bond donors (Lipinski definition) is 2. The van der Waals surface area contributed by atoms with Gasteiger partial charge in [0.2, 0.25) is 0 Å².